The molecule has 1 aliphatic rings. The van der Waals surface area contributed by atoms with Crippen LogP contribution >= 0.6 is 0 Å². The van der Waals surface area contributed by atoms with Gasteiger partial charge in [-0.3, -0.25) is 9.69 Å². The number of hydrogen-bond donors (Lipinski definition) is 0. The Hall–Kier alpha value is -5.15. The molecule has 1 fully saturated rings. The highest BCUT2D eigenvalue weighted by molar-refractivity contribution is 5.90. The van der Waals surface area contributed by atoms with E-state index in [4.69, 9.17) is 14.2 Å². The number of nitrogens with zero attached hydrogens (tertiary/aromatic N) is 3. The zero-order chi connectivity index (χ0) is 37.3. The largest absolute Gasteiger partial charge is 0.496 e. The van der Waals surface area contributed by atoms with Gasteiger partial charge in [-0.15, -0.1) is 0 Å². The molecule has 1 aliphatic heterocycles. The molecule has 5 rings (SSSR count). The Morgan fingerprint density at radius 1 is 0.788 bits per heavy atom. The molecule has 2 amide bonds. The van der Waals surface area contributed by atoms with Crippen LogP contribution in [-0.2, 0) is 27.4 Å². The third-order valence-electron chi connectivity index (χ3n) is 9.15. The van der Waals surface area contributed by atoms with E-state index in [0.717, 1.165) is 33.4 Å². The van der Waals surface area contributed by atoms with Crippen molar-refractivity contribution in [2.75, 3.05) is 39.8 Å². The lowest BCUT2D eigenvalue weighted by Gasteiger charge is -2.43. The van der Waals surface area contributed by atoms with Gasteiger partial charge >= 0.3 is 12.2 Å². The monoisotopic (exact) mass is 705 g/mol. The molecule has 4 aromatic rings. The van der Waals surface area contributed by atoms with Crippen molar-refractivity contribution >= 4 is 18.0 Å². The van der Waals surface area contributed by atoms with E-state index >= 15 is 0 Å². The SMILES string of the molecule is COc1ccccc1CN(CC(=O)C(c1ccc(C)cc1)c1ccc(C)cc1)C[C@@H]1CN(C(=O)OCc2ccccc2)CCN1C(=O)OC(C)(C)C. The lowest BCUT2D eigenvalue weighted by atomic mass is 9.86. The van der Waals surface area contributed by atoms with Crippen LogP contribution in [0, 0.1) is 13.8 Å². The van der Waals surface area contributed by atoms with Crippen LogP contribution in [0.2, 0.25) is 0 Å². The summed E-state index contributed by atoms with van der Waals surface area (Å²) in [5.41, 5.74) is 5.13. The summed E-state index contributed by atoms with van der Waals surface area (Å²) in [6.07, 6.45) is -0.917. The van der Waals surface area contributed by atoms with E-state index in [9.17, 15) is 14.4 Å². The van der Waals surface area contributed by atoms with E-state index in [1.54, 1.807) is 16.9 Å². The van der Waals surface area contributed by atoms with Crippen LogP contribution < -0.4 is 4.74 Å². The Morgan fingerprint density at radius 3 is 1.98 bits per heavy atom. The molecule has 0 saturated carbocycles. The summed E-state index contributed by atoms with van der Waals surface area (Å²) >= 11 is 0. The Morgan fingerprint density at radius 2 is 1.38 bits per heavy atom. The van der Waals surface area contributed by atoms with E-state index < -0.39 is 29.7 Å². The van der Waals surface area contributed by atoms with E-state index in [2.05, 4.69) is 4.90 Å². The molecule has 1 saturated heterocycles. The van der Waals surface area contributed by atoms with Gasteiger partial charge in [0.15, 0.2) is 5.78 Å². The van der Waals surface area contributed by atoms with Crippen molar-refractivity contribution < 1.29 is 28.6 Å². The fraction of sp³-hybridized carbons (Fsp3) is 0.372. The highest BCUT2D eigenvalue weighted by Crippen LogP contribution is 2.29. The summed E-state index contributed by atoms with van der Waals surface area (Å²) in [5.74, 6) is 0.216. The van der Waals surface area contributed by atoms with Crippen LogP contribution in [0.3, 0.4) is 0 Å². The van der Waals surface area contributed by atoms with Gasteiger partial charge < -0.3 is 24.0 Å². The molecule has 0 spiro atoms. The molecule has 0 N–H and O–H groups in total. The first kappa shape index (κ1) is 38.1. The topological polar surface area (TPSA) is 88.6 Å². The molecule has 0 unspecified atom stereocenters. The quantitative estimate of drug-likeness (QED) is 0.149. The second kappa shape index (κ2) is 17.4. The maximum Gasteiger partial charge on any atom is 0.410 e. The number of ketones is 1. The summed E-state index contributed by atoms with van der Waals surface area (Å²) in [6.45, 7) is 11.2. The minimum atomic E-state index is -0.713. The molecule has 1 atom stereocenters. The van der Waals surface area contributed by atoms with Crippen molar-refractivity contribution in [2.24, 2.45) is 0 Å². The van der Waals surface area contributed by atoms with Gasteiger partial charge in [-0.25, -0.2) is 9.59 Å². The van der Waals surface area contributed by atoms with Crippen LogP contribution in [0.5, 0.6) is 5.75 Å². The number of methoxy groups -OCH3 is 1. The number of piperazine rings is 1. The fourth-order valence-electron chi connectivity index (χ4n) is 6.50. The molecule has 0 bridgehead atoms. The number of amides is 2. The Kier molecular flexibility index (Phi) is 12.7. The minimum Gasteiger partial charge on any atom is -0.496 e. The highest BCUT2D eigenvalue weighted by Gasteiger charge is 2.37. The van der Waals surface area contributed by atoms with Gasteiger partial charge in [0.25, 0.3) is 0 Å². The average molecular weight is 706 g/mol. The molecule has 9 nitrogen and oxygen atoms in total. The number of benzene rings is 4. The number of carbonyl (C=O) groups excluding carboxylic acids is 3. The zero-order valence-corrected chi connectivity index (χ0v) is 31.2. The second-order valence-corrected chi connectivity index (χ2v) is 14.5. The molecular formula is C43H51N3O6. The van der Waals surface area contributed by atoms with E-state index in [1.165, 1.54) is 0 Å². The lowest BCUT2D eigenvalue weighted by molar-refractivity contribution is -0.121. The van der Waals surface area contributed by atoms with Crippen LogP contribution in [0.4, 0.5) is 9.59 Å². The number of carbonyl (C=O) groups is 3. The summed E-state index contributed by atoms with van der Waals surface area (Å²) in [7, 11) is 1.63. The first-order valence-corrected chi connectivity index (χ1v) is 17.9. The summed E-state index contributed by atoms with van der Waals surface area (Å²) < 4.78 is 17.3. The van der Waals surface area contributed by atoms with E-state index in [1.807, 2.05) is 138 Å². The standard InChI is InChI=1S/C43H51N3O6/c1-31-16-20-34(21-17-31)40(35-22-18-32(2)19-23-35)38(47)29-44(26-36-14-10-11-15-39(36)50-6)27-37-28-45(24-25-46(37)42(49)52-43(3,4)5)41(48)51-30-33-12-8-7-9-13-33/h7-23,37,40H,24-30H2,1-6H3/t37-/m1/s1. The molecule has 1 heterocycles. The van der Waals surface area contributed by atoms with E-state index in [-0.39, 0.29) is 38.6 Å². The minimum absolute atomic E-state index is 0.0151. The van der Waals surface area contributed by atoms with Crippen molar-refractivity contribution in [3.8, 4) is 5.75 Å². The summed E-state index contributed by atoms with van der Waals surface area (Å²) in [5, 5.41) is 0. The third kappa shape index (κ3) is 10.4. The summed E-state index contributed by atoms with van der Waals surface area (Å²) in [4.78, 5) is 47.1. The molecule has 0 aromatic heterocycles. The molecule has 274 valence electrons. The number of hydrogen-bond acceptors (Lipinski definition) is 7. The molecule has 0 aliphatic carbocycles. The smallest absolute Gasteiger partial charge is 0.410 e. The van der Waals surface area contributed by atoms with Gasteiger partial charge in [-0.05, 0) is 57.4 Å². The van der Waals surface area contributed by atoms with Crippen molar-refractivity contribution in [3.63, 3.8) is 0 Å². The Balaban J connectivity index is 1.46. The van der Waals surface area contributed by atoms with Gasteiger partial charge in [0, 0.05) is 38.3 Å². The molecule has 4 aromatic carbocycles. The van der Waals surface area contributed by atoms with Gasteiger partial charge in [0.05, 0.1) is 25.6 Å². The Bertz CT molecular complexity index is 1740. The zero-order valence-electron chi connectivity index (χ0n) is 31.2. The number of para-hydroxylation sites is 1. The average Bonchev–Trinajstić information content (AvgIpc) is 3.12. The molecular weight excluding hydrogens is 654 g/mol. The van der Waals surface area contributed by atoms with Gasteiger partial charge in [-0.1, -0.05) is 108 Å². The van der Waals surface area contributed by atoms with Crippen molar-refractivity contribution in [1.29, 1.82) is 0 Å². The highest BCUT2D eigenvalue weighted by atomic mass is 16.6. The lowest BCUT2D eigenvalue weighted by Crippen LogP contribution is -2.60. The number of ether oxygens (including phenoxy) is 3. The number of Topliss-reactive ketones (excluding diaryl/α,β-unsaturated/α-hetero) is 1. The fourth-order valence-corrected chi connectivity index (χ4v) is 6.50. The predicted octanol–water partition coefficient (Wildman–Crippen LogP) is 7.77. The number of rotatable bonds is 12. The van der Waals surface area contributed by atoms with Crippen LogP contribution in [-0.4, -0.2) is 84.1 Å². The number of aryl methyl sites for hydroxylation is 2. The second-order valence-electron chi connectivity index (χ2n) is 14.5. The normalized spacial score (nSPS) is 14.7. The molecule has 52 heavy (non-hydrogen) atoms. The third-order valence-corrected chi connectivity index (χ3v) is 9.15. The van der Waals surface area contributed by atoms with Gasteiger partial charge in [-0.2, -0.15) is 0 Å². The molecule has 0 radical (unpaired) electrons. The van der Waals surface area contributed by atoms with Crippen LogP contribution in [0.15, 0.2) is 103 Å². The van der Waals surface area contributed by atoms with Crippen molar-refractivity contribution in [2.45, 2.75) is 65.3 Å². The van der Waals surface area contributed by atoms with Gasteiger partial charge in [0.2, 0.25) is 0 Å². The van der Waals surface area contributed by atoms with Gasteiger partial charge in [0.1, 0.15) is 18.0 Å². The maximum absolute atomic E-state index is 14.6. The van der Waals surface area contributed by atoms with Crippen molar-refractivity contribution in [1.82, 2.24) is 14.7 Å². The Labute approximate surface area is 308 Å². The molecule has 9 heteroatoms. The van der Waals surface area contributed by atoms with Crippen LogP contribution in [0.25, 0.3) is 0 Å². The van der Waals surface area contributed by atoms with E-state index in [0.29, 0.717) is 18.8 Å². The first-order chi connectivity index (χ1) is 24.9. The first-order valence-electron chi connectivity index (χ1n) is 17.9. The van der Waals surface area contributed by atoms with Crippen molar-refractivity contribution in [3.05, 3.63) is 137 Å². The maximum atomic E-state index is 14.6. The van der Waals surface area contributed by atoms with Crippen LogP contribution in [0.1, 0.15) is 60.1 Å². The predicted molar refractivity (Wildman–Crippen MR) is 202 cm³/mol. The summed E-state index contributed by atoms with van der Waals surface area (Å²) in [6, 6.07) is 33.0.